The Bertz CT molecular complexity index is 871. The third kappa shape index (κ3) is 4.54. The van der Waals surface area contributed by atoms with Crippen LogP contribution in [-0.2, 0) is 0 Å². The number of aromatic nitrogens is 4. The molecule has 0 amide bonds. The SMILES string of the molecule is Cc1nn(C2CCCC(C)CC2)c2nc(C3CCCCC3)nc(C3CCCCCC3)c12. The smallest absolute Gasteiger partial charge is 0.162 e. The standard InChI is InChI=1S/C27H42N4/c1-19-11-10-16-23(18-17-19)31-27-24(20(2)30-31)25(21-12-6-3-4-7-13-21)28-26(29-27)22-14-8-5-9-15-22/h19,21-23H,3-18H2,1-2H3. The molecule has 0 aromatic carbocycles. The second-order valence-corrected chi connectivity index (χ2v) is 11.0. The first-order chi connectivity index (χ1) is 15.2. The third-order valence-corrected chi connectivity index (χ3v) is 8.56. The van der Waals surface area contributed by atoms with Gasteiger partial charge in [0.15, 0.2) is 5.65 Å². The van der Waals surface area contributed by atoms with Gasteiger partial charge in [-0.3, -0.25) is 0 Å². The Morgan fingerprint density at radius 1 is 0.677 bits per heavy atom. The lowest BCUT2D eigenvalue weighted by Crippen LogP contribution is -2.15. The van der Waals surface area contributed by atoms with Gasteiger partial charge in [-0.2, -0.15) is 5.10 Å². The molecule has 0 spiro atoms. The highest BCUT2D eigenvalue weighted by Crippen LogP contribution is 2.40. The number of fused-ring (bicyclic) bond motifs is 1. The molecule has 3 fully saturated rings. The van der Waals surface area contributed by atoms with Gasteiger partial charge in [0.1, 0.15) is 5.82 Å². The van der Waals surface area contributed by atoms with E-state index in [1.807, 2.05) is 0 Å². The molecule has 4 heteroatoms. The second kappa shape index (κ2) is 9.58. The molecule has 31 heavy (non-hydrogen) atoms. The third-order valence-electron chi connectivity index (χ3n) is 8.56. The molecule has 0 aliphatic heterocycles. The van der Waals surface area contributed by atoms with Crippen LogP contribution in [0.15, 0.2) is 0 Å². The van der Waals surface area contributed by atoms with Crippen molar-refractivity contribution in [2.24, 2.45) is 5.92 Å². The van der Waals surface area contributed by atoms with Gasteiger partial charge in [-0.15, -0.1) is 0 Å². The van der Waals surface area contributed by atoms with Gasteiger partial charge in [0.25, 0.3) is 0 Å². The molecule has 4 nitrogen and oxygen atoms in total. The van der Waals surface area contributed by atoms with E-state index in [-0.39, 0.29) is 0 Å². The minimum absolute atomic E-state index is 0.511. The van der Waals surface area contributed by atoms with Crippen LogP contribution in [-0.4, -0.2) is 19.7 Å². The zero-order chi connectivity index (χ0) is 21.2. The van der Waals surface area contributed by atoms with E-state index in [0.29, 0.717) is 17.9 Å². The second-order valence-electron chi connectivity index (χ2n) is 11.0. The van der Waals surface area contributed by atoms with Crippen molar-refractivity contribution in [3.8, 4) is 0 Å². The maximum atomic E-state index is 5.38. The van der Waals surface area contributed by atoms with E-state index in [2.05, 4.69) is 18.5 Å². The summed E-state index contributed by atoms with van der Waals surface area (Å²) in [5.41, 5.74) is 3.70. The van der Waals surface area contributed by atoms with Crippen molar-refractivity contribution in [2.75, 3.05) is 0 Å². The molecule has 0 N–H and O–H groups in total. The van der Waals surface area contributed by atoms with Gasteiger partial charge >= 0.3 is 0 Å². The van der Waals surface area contributed by atoms with Gasteiger partial charge in [0.05, 0.1) is 22.8 Å². The molecular formula is C27H42N4. The minimum Gasteiger partial charge on any atom is -0.244 e. The van der Waals surface area contributed by atoms with E-state index < -0.39 is 0 Å². The molecule has 3 aliphatic rings. The van der Waals surface area contributed by atoms with Gasteiger partial charge in [0.2, 0.25) is 0 Å². The van der Waals surface area contributed by atoms with Gasteiger partial charge in [-0.25, -0.2) is 14.6 Å². The van der Waals surface area contributed by atoms with E-state index in [9.17, 15) is 0 Å². The van der Waals surface area contributed by atoms with Gasteiger partial charge in [-0.1, -0.05) is 64.7 Å². The molecule has 2 atom stereocenters. The van der Waals surface area contributed by atoms with Crippen molar-refractivity contribution in [2.45, 2.75) is 134 Å². The van der Waals surface area contributed by atoms with E-state index in [1.54, 1.807) is 0 Å². The van der Waals surface area contributed by atoms with Crippen LogP contribution in [0, 0.1) is 12.8 Å². The number of hydrogen-bond donors (Lipinski definition) is 0. The molecule has 2 heterocycles. The molecule has 0 bridgehead atoms. The van der Waals surface area contributed by atoms with Gasteiger partial charge in [-0.05, 0) is 57.8 Å². The maximum Gasteiger partial charge on any atom is 0.162 e. The number of rotatable bonds is 3. The summed E-state index contributed by atoms with van der Waals surface area (Å²) in [7, 11) is 0. The largest absolute Gasteiger partial charge is 0.244 e. The Labute approximate surface area is 188 Å². The Hall–Kier alpha value is -1.45. The van der Waals surface area contributed by atoms with Crippen molar-refractivity contribution >= 4 is 11.0 Å². The highest BCUT2D eigenvalue weighted by Gasteiger charge is 2.29. The first-order valence-corrected chi connectivity index (χ1v) is 13.5. The predicted octanol–water partition coefficient (Wildman–Crippen LogP) is 7.76. The normalized spacial score (nSPS) is 27.3. The Morgan fingerprint density at radius 3 is 2.10 bits per heavy atom. The summed E-state index contributed by atoms with van der Waals surface area (Å²) in [5, 5.41) is 6.47. The topological polar surface area (TPSA) is 43.6 Å². The highest BCUT2D eigenvalue weighted by atomic mass is 15.3. The van der Waals surface area contributed by atoms with Crippen molar-refractivity contribution in [3.63, 3.8) is 0 Å². The molecule has 2 unspecified atom stereocenters. The van der Waals surface area contributed by atoms with Gasteiger partial charge in [0, 0.05) is 11.8 Å². The first-order valence-electron chi connectivity index (χ1n) is 13.5. The van der Waals surface area contributed by atoms with Crippen LogP contribution in [0.25, 0.3) is 11.0 Å². The van der Waals surface area contributed by atoms with Crippen LogP contribution in [0.3, 0.4) is 0 Å². The van der Waals surface area contributed by atoms with Crippen LogP contribution in [0.4, 0.5) is 0 Å². The molecule has 5 rings (SSSR count). The van der Waals surface area contributed by atoms with Crippen LogP contribution >= 0.6 is 0 Å². The molecular weight excluding hydrogens is 380 g/mol. The summed E-state index contributed by atoms with van der Waals surface area (Å²) >= 11 is 0. The van der Waals surface area contributed by atoms with Crippen LogP contribution in [0.5, 0.6) is 0 Å². The zero-order valence-corrected chi connectivity index (χ0v) is 19.9. The molecule has 170 valence electrons. The lowest BCUT2D eigenvalue weighted by molar-refractivity contribution is 0.402. The fourth-order valence-electron chi connectivity index (χ4n) is 6.61. The van der Waals surface area contributed by atoms with Gasteiger partial charge < -0.3 is 0 Å². The van der Waals surface area contributed by atoms with Crippen LogP contribution < -0.4 is 0 Å². The predicted molar refractivity (Wildman–Crippen MR) is 128 cm³/mol. The fraction of sp³-hybridized carbons (Fsp3) is 0.815. The first kappa shape index (κ1) is 21.4. The number of nitrogens with zero attached hydrogens (tertiary/aromatic N) is 4. The summed E-state index contributed by atoms with van der Waals surface area (Å²) in [6.45, 7) is 4.63. The minimum atomic E-state index is 0.511. The zero-order valence-electron chi connectivity index (χ0n) is 19.9. The quantitative estimate of drug-likeness (QED) is 0.475. The summed E-state index contributed by atoms with van der Waals surface area (Å²) in [6.07, 6.45) is 21.2. The lowest BCUT2D eigenvalue weighted by atomic mass is 9.88. The lowest BCUT2D eigenvalue weighted by Gasteiger charge is -2.23. The number of hydrogen-bond acceptors (Lipinski definition) is 3. The number of aryl methyl sites for hydroxylation is 1. The van der Waals surface area contributed by atoms with E-state index >= 15 is 0 Å². The summed E-state index contributed by atoms with van der Waals surface area (Å²) in [5.74, 6) is 3.15. The van der Waals surface area contributed by atoms with Crippen molar-refractivity contribution in [1.29, 1.82) is 0 Å². The molecule has 0 saturated heterocycles. The van der Waals surface area contributed by atoms with Crippen LogP contribution in [0.1, 0.15) is 145 Å². The van der Waals surface area contributed by atoms with Crippen molar-refractivity contribution in [1.82, 2.24) is 19.7 Å². The van der Waals surface area contributed by atoms with E-state index in [4.69, 9.17) is 15.1 Å². The van der Waals surface area contributed by atoms with Crippen LogP contribution in [0.2, 0.25) is 0 Å². The molecule has 3 aliphatic carbocycles. The average molecular weight is 423 g/mol. The Morgan fingerprint density at radius 2 is 1.35 bits per heavy atom. The van der Waals surface area contributed by atoms with E-state index in [1.165, 1.54) is 125 Å². The summed E-state index contributed by atoms with van der Waals surface area (Å²) in [6, 6.07) is 0.511. The van der Waals surface area contributed by atoms with Crippen molar-refractivity contribution in [3.05, 3.63) is 17.2 Å². The molecule has 3 saturated carbocycles. The molecule has 0 radical (unpaired) electrons. The van der Waals surface area contributed by atoms with Crippen molar-refractivity contribution < 1.29 is 0 Å². The molecule has 2 aromatic rings. The summed E-state index contributed by atoms with van der Waals surface area (Å²) in [4.78, 5) is 10.7. The Balaban J connectivity index is 1.60. The molecule has 2 aromatic heterocycles. The summed E-state index contributed by atoms with van der Waals surface area (Å²) < 4.78 is 2.36. The average Bonchev–Trinajstić information content (AvgIpc) is 3.01. The van der Waals surface area contributed by atoms with E-state index in [0.717, 1.165) is 11.7 Å². The Kier molecular flexibility index (Phi) is 6.62. The maximum absolute atomic E-state index is 5.38. The fourth-order valence-corrected chi connectivity index (χ4v) is 6.61. The monoisotopic (exact) mass is 422 g/mol. The highest BCUT2D eigenvalue weighted by molar-refractivity contribution is 5.81.